The summed E-state index contributed by atoms with van der Waals surface area (Å²) >= 11 is 5.56. The van der Waals surface area contributed by atoms with Crippen LogP contribution in [0.4, 0.5) is 18.9 Å². The topological polar surface area (TPSA) is 69.6 Å². The van der Waals surface area contributed by atoms with Gasteiger partial charge in [-0.05, 0) is 18.2 Å². The van der Waals surface area contributed by atoms with Crippen LogP contribution >= 0.6 is 11.6 Å². The summed E-state index contributed by atoms with van der Waals surface area (Å²) in [5.41, 5.74) is -1.75. The highest BCUT2D eigenvalue weighted by Gasteiger charge is 2.36. The molecule has 0 saturated carbocycles. The number of alkyl halides is 3. The third kappa shape index (κ3) is 3.23. The van der Waals surface area contributed by atoms with Crippen LogP contribution < -0.4 is 5.32 Å². The van der Waals surface area contributed by atoms with Crippen LogP contribution in [0.3, 0.4) is 0 Å². The molecule has 2 rings (SSSR count). The maximum absolute atomic E-state index is 13.0. The van der Waals surface area contributed by atoms with Crippen molar-refractivity contribution in [2.75, 3.05) is 18.5 Å². The number of carbonyl (C=O) groups is 2. The number of benzene rings is 1. The number of rotatable bonds is 4. The van der Waals surface area contributed by atoms with Crippen LogP contribution in [0.15, 0.2) is 30.0 Å². The molecule has 0 unspecified atom stereocenters. The van der Waals surface area contributed by atoms with E-state index in [0.29, 0.717) is 0 Å². The normalized spacial score (nSPS) is 15.3. The Morgan fingerprint density at radius 3 is 2.55 bits per heavy atom. The van der Waals surface area contributed by atoms with Gasteiger partial charge in [0.2, 0.25) is 0 Å². The van der Waals surface area contributed by atoms with E-state index in [9.17, 15) is 22.8 Å². The highest BCUT2D eigenvalue weighted by molar-refractivity contribution is 6.30. The van der Waals surface area contributed by atoms with E-state index in [0.717, 1.165) is 23.1 Å². The Kier molecular flexibility index (Phi) is 4.43. The van der Waals surface area contributed by atoms with E-state index in [1.165, 1.54) is 6.07 Å². The summed E-state index contributed by atoms with van der Waals surface area (Å²) in [6.45, 7) is -0.667. The van der Waals surface area contributed by atoms with Crippen LogP contribution in [0.2, 0.25) is 5.02 Å². The van der Waals surface area contributed by atoms with Crippen molar-refractivity contribution in [3.8, 4) is 0 Å². The number of aliphatic hydroxyl groups is 1. The molecule has 0 atom stereocenters. The molecule has 1 heterocycles. The molecule has 118 valence electrons. The van der Waals surface area contributed by atoms with Crippen molar-refractivity contribution in [1.29, 1.82) is 0 Å². The molecule has 0 fully saturated rings. The minimum atomic E-state index is -4.68. The number of nitrogens with one attached hydrogen (secondary N) is 1. The van der Waals surface area contributed by atoms with E-state index in [1.54, 1.807) is 0 Å². The van der Waals surface area contributed by atoms with Gasteiger partial charge in [-0.3, -0.25) is 14.5 Å². The molecule has 0 aromatic heterocycles. The van der Waals surface area contributed by atoms with Crippen molar-refractivity contribution in [3.05, 3.63) is 40.6 Å². The molecule has 1 aliphatic rings. The maximum atomic E-state index is 13.0. The average molecular weight is 335 g/mol. The summed E-state index contributed by atoms with van der Waals surface area (Å²) in [6, 6.07) is 3.02. The van der Waals surface area contributed by atoms with Crippen LogP contribution in [0.1, 0.15) is 5.56 Å². The molecule has 0 aliphatic carbocycles. The van der Waals surface area contributed by atoms with Gasteiger partial charge in [0.15, 0.2) is 0 Å². The van der Waals surface area contributed by atoms with E-state index >= 15 is 0 Å². The van der Waals surface area contributed by atoms with Gasteiger partial charge in [0, 0.05) is 11.1 Å². The lowest BCUT2D eigenvalue weighted by molar-refractivity contribution is -0.138. The van der Waals surface area contributed by atoms with Gasteiger partial charge in [0.05, 0.1) is 24.4 Å². The fraction of sp³-hybridized carbons (Fsp3) is 0.231. The van der Waals surface area contributed by atoms with Gasteiger partial charge in [-0.2, -0.15) is 13.2 Å². The Bertz CT molecular complexity index is 658. The Morgan fingerprint density at radius 1 is 1.27 bits per heavy atom. The zero-order valence-electron chi connectivity index (χ0n) is 10.9. The summed E-state index contributed by atoms with van der Waals surface area (Å²) in [6.07, 6.45) is -3.79. The first-order valence-electron chi connectivity index (χ1n) is 6.06. The molecule has 2 N–H and O–H groups in total. The van der Waals surface area contributed by atoms with E-state index in [-0.39, 0.29) is 17.3 Å². The number of hydrogen-bond acceptors (Lipinski definition) is 4. The number of anilines is 1. The molecule has 2 amide bonds. The molecule has 0 spiro atoms. The van der Waals surface area contributed by atoms with Crippen LogP contribution in [0.5, 0.6) is 0 Å². The minimum Gasteiger partial charge on any atom is -0.395 e. The molecule has 0 bridgehead atoms. The summed E-state index contributed by atoms with van der Waals surface area (Å²) in [5, 5.41) is 11.0. The fourth-order valence-corrected chi connectivity index (χ4v) is 2.09. The second-order valence-electron chi connectivity index (χ2n) is 4.39. The highest BCUT2D eigenvalue weighted by Crippen LogP contribution is 2.37. The summed E-state index contributed by atoms with van der Waals surface area (Å²) < 4.78 is 38.9. The van der Waals surface area contributed by atoms with Crippen molar-refractivity contribution >= 4 is 29.1 Å². The molecule has 22 heavy (non-hydrogen) atoms. The molecular weight excluding hydrogens is 325 g/mol. The fourth-order valence-electron chi connectivity index (χ4n) is 1.91. The molecule has 9 heteroatoms. The lowest BCUT2D eigenvalue weighted by Crippen LogP contribution is -2.34. The number of β-amino-alcohol motifs (C(OH)–C–C–N with tert-alkyl or cyclic N) is 1. The Labute approximate surface area is 128 Å². The number of amides is 2. The third-order valence-electron chi connectivity index (χ3n) is 2.89. The first-order valence-corrected chi connectivity index (χ1v) is 6.44. The maximum Gasteiger partial charge on any atom is 0.418 e. The van der Waals surface area contributed by atoms with Crippen LogP contribution in [0, 0.1) is 0 Å². The third-order valence-corrected chi connectivity index (χ3v) is 3.12. The standard InChI is InChI=1S/C13H10ClF3N2O3/c14-7-1-2-9(8(5-7)13(15,16)17)18-10-6-11(21)19(3-4-20)12(10)22/h1-2,5-6,18,20H,3-4H2. The first kappa shape index (κ1) is 16.3. The molecule has 0 saturated heterocycles. The van der Waals surface area contributed by atoms with Gasteiger partial charge < -0.3 is 10.4 Å². The van der Waals surface area contributed by atoms with Gasteiger partial charge in [0.1, 0.15) is 5.70 Å². The van der Waals surface area contributed by atoms with Gasteiger partial charge in [0.25, 0.3) is 11.8 Å². The number of carbonyl (C=O) groups excluding carboxylic acids is 2. The van der Waals surface area contributed by atoms with Crippen LogP contribution in [-0.2, 0) is 15.8 Å². The lowest BCUT2D eigenvalue weighted by atomic mass is 10.1. The van der Waals surface area contributed by atoms with E-state index < -0.39 is 35.8 Å². The summed E-state index contributed by atoms with van der Waals surface area (Å²) in [5.74, 6) is -1.51. The molecule has 1 aromatic carbocycles. The van der Waals surface area contributed by atoms with Crippen molar-refractivity contribution in [1.82, 2.24) is 4.90 Å². The Balaban J connectivity index is 2.31. The van der Waals surface area contributed by atoms with Crippen molar-refractivity contribution in [2.24, 2.45) is 0 Å². The smallest absolute Gasteiger partial charge is 0.395 e. The first-order chi connectivity index (χ1) is 10.2. The monoisotopic (exact) mass is 334 g/mol. The second-order valence-corrected chi connectivity index (χ2v) is 4.83. The SMILES string of the molecule is O=C1C=C(Nc2ccc(Cl)cc2C(F)(F)F)C(=O)N1CCO. The van der Waals surface area contributed by atoms with Gasteiger partial charge in [-0.15, -0.1) is 0 Å². The van der Waals surface area contributed by atoms with Crippen LogP contribution in [0.25, 0.3) is 0 Å². The zero-order chi connectivity index (χ0) is 16.5. The predicted molar refractivity (Wildman–Crippen MR) is 72.0 cm³/mol. The summed E-state index contributed by atoms with van der Waals surface area (Å²) in [4.78, 5) is 24.2. The number of nitrogens with zero attached hydrogens (tertiary/aromatic N) is 1. The van der Waals surface area contributed by atoms with E-state index in [2.05, 4.69) is 5.32 Å². The zero-order valence-corrected chi connectivity index (χ0v) is 11.7. The predicted octanol–water partition coefficient (Wildman–Crippen LogP) is 2.02. The molecular formula is C13H10ClF3N2O3. The number of hydrogen-bond donors (Lipinski definition) is 2. The van der Waals surface area contributed by atoms with E-state index in [1.807, 2.05) is 0 Å². The van der Waals surface area contributed by atoms with Gasteiger partial charge in [-0.25, -0.2) is 0 Å². The number of imide groups is 1. The molecule has 5 nitrogen and oxygen atoms in total. The van der Waals surface area contributed by atoms with Gasteiger partial charge in [-0.1, -0.05) is 11.6 Å². The number of aliphatic hydroxyl groups excluding tert-OH is 1. The van der Waals surface area contributed by atoms with E-state index in [4.69, 9.17) is 16.7 Å². The highest BCUT2D eigenvalue weighted by atomic mass is 35.5. The van der Waals surface area contributed by atoms with Crippen molar-refractivity contribution in [3.63, 3.8) is 0 Å². The average Bonchev–Trinajstić information content (AvgIpc) is 2.68. The second kappa shape index (κ2) is 5.98. The largest absolute Gasteiger partial charge is 0.418 e. The Hall–Kier alpha value is -2.06. The van der Waals surface area contributed by atoms with Gasteiger partial charge >= 0.3 is 6.18 Å². The lowest BCUT2D eigenvalue weighted by Gasteiger charge is -2.16. The van der Waals surface area contributed by atoms with Crippen LogP contribution in [-0.4, -0.2) is 35.0 Å². The molecule has 1 aliphatic heterocycles. The molecule has 1 aromatic rings. The van der Waals surface area contributed by atoms with Crippen molar-refractivity contribution < 1.29 is 27.9 Å². The summed E-state index contributed by atoms with van der Waals surface area (Å²) in [7, 11) is 0. The molecule has 0 radical (unpaired) electrons. The minimum absolute atomic E-state index is 0.109. The quantitative estimate of drug-likeness (QED) is 0.827. The number of halogens is 4. The van der Waals surface area contributed by atoms with Crippen molar-refractivity contribution in [2.45, 2.75) is 6.18 Å². The Morgan fingerprint density at radius 2 is 1.95 bits per heavy atom.